The summed E-state index contributed by atoms with van der Waals surface area (Å²) in [6.07, 6.45) is 18.0. The van der Waals surface area contributed by atoms with E-state index in [0.29, 0.717) is 12.0 Å². The molecule has 0 heterocycles. The standard InChI is InChI=1S/C18H39N/c1-4-6-7-8-9-10-11-12-13-14-16-18(19)17(3)15-5-2/h17-18H,4-16,19H2,1-3H3. The summed E-state index contributed by atoms with van der Waals surface area (Å²) < 4.78 is 0. The van der Waals surface area contributed by atoms with Gasteiger partial charge in [0.2, 0.25) is 0 Å². The molecule has 1 nitrogen and oxygen atoms in total. The average molecular weight is 270 g/mol. The molecular weight excluding hydrogens is 230 g/mol. The molecule has 0 fully saturated rings. The van der Waals surface area contributed by atoms with E-state index in [1.54, 1.807) is 0 Å². The highest BCUT2D eigenvalue weighted by Gasteiger charge is 2.10. The Morgan fingerprint density at radius 3 is 1.58 bits per heavy atom. The highest BCUT2D eigenvalue weighted by molar-refractivity contribution is 4.68. The smallest absolute Gasteiger partial charge is 0.00645 e. The molecule has 116 valence electrons. The molecule has 0 aromatic rings. The number of rotatable bonds is 14. The van der Waals surface area contributed by atoms with Crippen molar-refractivity contribution in [2.75, 3.05) is 0 Å². The van der Waals surface area contributed by atoms with Crippen molar-refractivity contribution in [3.05, 3.63) is 0 Å². The fourth-order valence-corrected chi connectivity index (χ4v) is 2.82. The monoisotopic (exact) mass is 269 g/mol. The molecule has 0 saturated carbocycles. The second kappa shape index (κ2) is 14.4. The molecule has 0 aromatic carbocycles. The van der Waals surface area contributed by atoms with E-state index < -0.39 is 0 Å². The first-order valence-corrected chi connectivity index (χ1v) is 8.97. The second-order valence-corrected chi connectivity index (χ2v) is 6.40. The summed E-state index contributed by atoms with van der Waals surface area (Å²) in [5.74, 6) is 0.712. The Balaban J connectivity index is 3.18. The number of unbranched alkanes of at least 4 members (excludes halogenated alkanes) is 9. The second-order valence-electron chi connectivity index (χ2n) is 6.40. The zero-order chi connectivity index (χ0) is 14.3. The van der Waals surface area contributed by atoms with Gasteiger partial charge in [-0.3, -0.25) is 0 Å². The molecule has 2 atom stereocenters. The summed E-state index contributed by atoms with van der Waals surface area (Å²) in [6.45, 7) is 6.85. The Bertz CT molecular complexity index is 167. The molecular formula is C18H39N. The van der Waals surface area contributed by atoms with E-state index in [-0.39, 0.29) is 0 Å². The third kappa shape index (κ3) is 12.7. The minimum Gasteiger partial charge on any atom is -0.327 e. The fourth-order valence-electron chi connectivity index (χ4n) is 2.82. The van der Waals surface area contributed by atoms with E-state index in [1.807, 2.05) is 0 Å². The zero-order valence-electron chi connectivity index (χ0n) is 13.9. The fraction of sp³-hybridized carbons (Fsp3) is 1.00. The van der Waals surface area contributed by atoms with Gasteiger partial charge in [0.1, 0.15) is 0 Å². The lowest BCUT2D eigenvalue weighted by Crippen LogP contribution is -2.27. The molecule has 0 spiro atoms. The molecule has 0 bridgehead atoms. The van der Waals surface area contributed by atoms with Crippen molar-refractivity contribution >= 4 is 0 Å². The van der Waals surface area contributed by atoms with Gasteiger partial charge in [-0.05, 0) is 18.8 Å². The van der Waals surface area contributed by atoms with E-state index in [1.165, 1.54) is 83.5 Å². The Hall–Kier alpha value is -0.0400. The number of nitrogens with two attached hydrogens (primary N) is 1. The van der Waals surface area contributed by atoms with Crippen LogP contribution in [0.2, 0.25) is 0 Å². The van der Waals surface area contributed by atoms with Crippen LogP contribution in [0.5, 0.6) is 0 Å². The maximum absolute atomic E-state index is 6.21. The van der Waals surface area contributed by atoms with Crippen molar-refractivity contribution in [1.29, 1.82) is 0 Å². The van der Waals surface area contributed by atoms with Gasteiger partial charge in [-0.25, -0.2) is 0 Å². The Morgan fingerprint density at radius 1 is 0.632 bits per heavy atom. The minimum atomic E-state index is 0.439. The van der Waals surface area contributed by atoms with Gasteiger partial charge in [-0.2, -0.15) is 0 Å². The van der Waals surface area contributed by atoms with Crippen molar-refractivity contribution in [1.82, 2.24) is 0 Å². The van der Waals surface area contributed by atoms with Gasteiger partial charge in [0.15, 0.2) is 0 Å². The van der Waals surface area contributed by atoms with E-state index in [0.717, 1.165) is 0 Å². The van der Waals surface area contributed by atoms with Crippen molar-refractivity contribution in [3.8, 4) is 0 Å². The first-order chi connectivity index (χ1) is 9.22. The molecule has 0 rings (SSSR count). The van der Waals surface area contributed by atoms with Crippen molar-refractivity contribution in [2.24, 2.45) is 11.7 Å². The van der Waals surface area contributed by atoms with Crippen LogP contribution in [0.15, 0.2) is 0 Å². The topological polar surface area (TPSA) is 26.0 Å². The van der Waals surface area contributed by atoms with Crippen LogP contribution in [0.4, 0.5) is 0 Å². The first-order valence-electron chi connectivity index (χ1n) is 8.97. The van der Waals surface area contributed by atoms with Crippen LogP contribution in [-0.2, 0) is 0 Å². The summed E-state index contributed by atoms with van der Waals surface area (Å²) in [5.41, 5.74) is 6.21. The van der Waals surface area contributed by atoms with Gasteiger partial charge in [0.25, 0.3) is 0 Å². The minimum absolute atomic E-state index is 0.439. The van der Waals surface area contributed by atoms with Gasteiger partial charge in [0, 0.05) is 6.04 Å². The van der Waals surface area contributed by atoms with Gasteiger partial charge < -0.3 is 5.73 Å². The van der Waals surface area contributed by atoms with Crippen LogP contribution in [0.1, 0.15) is 104 Å². The van der Waals surface area contributed by atoms with Crippen LogP contribution >= 0.6 is 0 Å². The lowest BCUT2D eigenvalue weighted by Gasteiger charge is -2.19. The molecule has 0 aromatic heterocycles. The molecule has 0 aliphatic heterocycles. The van der Waals surface area contributed by atoms with E-state index in [9.17, 15) is 0 Å². The van der Waals surface area contributed by atoms with E-state index in [4.69, 9.17) is 5.73 Å². The van der Waals surface area contributed by atoms with Crippen molar-refractivity contribution in [2.45, 2.75) is 110 Å². The molecule has 2 N–H and O–H groups in total. The van der Waals surface area contributed by atoms with Crippen LogP contribution in [0.3, 0.4) is 0 Å². The Morgan fingerprint density at radius 2 is 1.11 bits per heavy atom. The maximum atomic E-state index is 6.21. The van der Waals surface area contributed by atoms with E-state index >= 15 is 0 Å². The summed E-state index contributed by atoms with van der Waals surface area (Å²) in [7, 11) is 0. The summed E-state index contributed by atoms with van der Waals surface area (Å²) in [6, 6.07) is 0.439. The van der Waals surface area contributed by atoms with Crippen molar-refractivity contribution in [3.63, 3.8) is 0 Å². The van der Waals surface area contributed by atoms with Crippen LogP contribution in [-0.4, -0.2) is 6.04 Å². The third-order valence-electron chi connectivity index (χ3n) is 4.37. The summed E-state index contributed by atoms with van der Waals surface area (Å²) in [4.78, 5) is 0. The van der Waals surface area contributed by atoms with Crippen LogP contribution in [0.25, 0.3) is 0 Å². The van der Waals surface area contributed by atoms with Crippen LogP contribution in [0, 0.1) is 5.92 Å². The summed E-state index contributed by atoms with van der Waals surface area (Å²) in [5, 5.41) is 0. The SMILES string of the molecule is CCCCCCCCCCCCC(N)C(C)CCC. The Kier molecular flexibility index (Phi) is 14.3. The van der Waals surface area contributed by atoms with E-state index in [2.05, 4.69) is 20.8 Å². The zero-order valence-corrected chi connectivity index (χ0v) is 13.9. The lowest BCUT2D eigenvalue weighted by molar-refractivity contribution is 0.388. The molecule has 0 amide bonds. The molecule has 0 aliphatic carbocycles. The number of hydrogen-bond acceptors (Lipinski definition) is 1. The van der Waals surface area contributed by atoms with Gasteiger partial charge >= 0.3 is 0 Å². The predicted octanol–water partition coefficient (Wildman–Crippen LogP) is 6.06. The van der Waals surface area contributed by atoms with Gasteiger partial charge in [0.05, 0.1) is 0 Å². The lowest BCUT2D eigenvalue weighted by atomic mass is 9.93. The highest BCUT2D eigenvalue weighted by Crippen LogP contribution is 2.16. The molecule has 0 aliphatic rings. The Labute approximate surface area is 122 Å². The predicted molar refractivity (Wildman–Crippen MR) is 88.5 cm³/mol. The largest absolute Gasteiger partial charge is 0.327 e. The summed E-state index contributed by atoms with van der Waals surface area (Å²) >= 11 is 0. The van der Waals surface area contributed by atoms with Crippen molar-refractivity contribution < 1.29 is 0 Å². The quantitative estimate of drug-likeness (QED) is 0.381. The molecule has 2 unspecified atom stereocenters. The number of hydrogen-bond donors (Lipinski definition) is 1. The highest BCUT2D eigenvalue weighted by atomic mass is 14.6. The molecule has 0 saturated heterocycles. The van der Waals surface area contributed by atoms with Gasteiger partial charge in [-0.15, -0.1) is 0 Å². The molecule has 1 heteroatoms. The van der Waals surface area contributed by atoms with Gasteiger partial charge in [-0.1, -0.05) is 91.4 Å². The first kappa shape index (κ1) is 19.0. The normalized spacial score (nSPS) is 14.5. The molecule has 0 radical (unpaired) electrons. The maximum Gasteiger partial charge on any atom is 0.00645 e. The molecule has 19 heavy (non-hydrogen) atoms. The third-order valence-corrected chi connectivity index (χ3v) is 4.37. The average Bonchev–Trinajstić information content (AvgIpc) is 2.41. The van der Waals surface area contributed by atoms with Crippen LogP contribution < -0.4 is 5.73 Å².